The first-order valence-corrected chi connectivity index (χ1v) is 6.64. The summed E-state index contributed by atoms with van der Waals surface area (Å²) < 4.78 is 2.40. The third-order valence-corrected chi connectivity index (χ3v) is 4.06. The second kappa shape index (κ2) is 5.49. The molecule has 1 aromatic rings. The van der Waals surface area contributed by atoms with Gasteiger partial charge in [-0.2, -0.15) is 0 Å². The van der Waals surface area contributed by atoms with Gasteiger partial charge in [0.1, 0.15) is 0 Å². The fourth-order valence-corrected chi connectivity index (χ4v) is 3.82. The molecule has 1 heterocycles. The summed E-state index contributed by atoms with van der Waals surface area (Å²) in [4.78, 5) is 0. The summed E-state index contributed by atoms with van der Waals surface area (Å²) in [6, 6.07) is 2.15. The maximum Gasteiger partial charge on any atom is 0.0755 e. The number of thiophene rings is 1. The molecule has 0 aliphatic heterocycles. The molecule has 0 aromatic carbocycles. The molecule has 0 atom stereocenters. The molecular weight excluding hydrogens is 314 g/mol. The summed E-state index contributed by atoms with van der Waals surface area (Å²) in [5.41, 5.74) is 1.33. The summed E-state index contributed by atoms with van der Waals surface area (Å²) >= 11 is 8.72. The van der Waals surface area contributed by atoms with Crippen LogP contribution in [0.25, 0.3) is 0 Å². The summed E-state index contributed by atoms with van der Waals surface area (Å²) in [6.45, 7) is 6.44. The summed E-state index contributed by atoms with van der Waals surface area (Å²) in [5.74, 6) is 0.709. The van der Waals surface area contributed by atoms with Crippen molar-refractivity contribution in [2.24, 2.45) is 5.92 Å². The minimum atomic E-state index is 0.709. The molecule has 1 N–H and O–H groups in total. The molecule has 0 unspecified atom stereocenters. The van der Waals surface area contributed by atoms with E-state index in [-0.39, 0.29) is 0 Å². The number of halogens is 2. The van der Waals surface area contributed by atoms with Crippen LogP contribution < -0.4 is 5.32 Å². The topological polar surface area (TPSA) is 12.0 Å². The monoisotopic (exact) mass is 325 g/mol. The third-order valence-electron chi connectivity index (χ3n) is 1.60. The quantitative estimate of drug-likeness (QED) is 0.881. The highest BCUT2D eigenvalue weighted by Gasteiger charge is 2.04. The molecule has 0 aliphatic rings. The molecule has 13 heavy (non-hydrogen) atoms. The van der Waals surface area contributed by atoms with Crippen LogP contribution in [0.3, 0.4) is 0 Å². The third kappa shape index (κ3) is 4.11. The second-order valence-corrected chi connectivity index (χ2v) is 7.12. The zero-order chi connectivity index (χ0) is 9.84. The molecule has 0 fully saturated rings. The SMILES string of the molecule is CC(C)CNCc1cc(Br)sc1Br. The molecule has 1 aromatic heterocycles. The molecule has 0 saturated carbocycles. The average Bonchev–Trinajstić information content (AvgIpc) is 2.29. The Hall–Kier alpha value is 0.620. The van der Waals surface area contributed by atoms with E-state index in [4.69, 9.17) is 0 Å². The van der Waals surface area contributed by atoms with Crippen LogP contribution in [0, 0.1) is 5.92 Å². The first-order valence-electron chi connectivity index (χ1n) is 4.24. The van der Waals surface area contributed by atoms with E-state index in [1.165, 1.54) is 13.1 Å². The van der Waals surface area contributed by atoms with Gasteiger partial charge < -0.3 is 5.32 Å². The Balaban J connectivity index is 2.40. The van der Waals surface area contributed by atoms with Crippen molar-refractivity contribution in [1.82, 2.24) is 5.32 Å². The number of nitrogens with one attached hydrogen (secondary N) is 1. The van der Waals surface area contributed by atoms with Gasteiger partial charge in [-0.15, -0.1) is 11.3 Å². The first-order chi connectivity index (χ1) is 6.09. The maximum absolute atomic E-state index is 3.53. The van der Waals surface area contributed by atoms with E-state index in [1.807, 2.05) is 0 Å². The zero-order valence-electron chi connectivity index (χ0n) is 7.73. The first kappa shape index (κ1) is 11.7. The lowest BCUT2D eigenvalue weighted by Gasteiger charge is -2.05. The van der Waals surface area contributed by atoms with E-state index in [9.17, 15) is 0 Å². The number of hydrogen-bond acceptors (Lipinski definition) is 2. The Kier molecular flexibility index (Phi) is 4.94. The summed E-state index contributed by atoms with van der Waals surface area (Å²) in [6.07, 6.45) is 0. The zero-order valence-corrected chi connectivity index (χ0v) is 11.7. The van der Waals surface area contributed by atoms with Crippen LogP contribution in [0.4, 0.5) is 0 Å². The predicted octanol–water partition coefficient (Wildman–Crippen LogP) is 4.02. The van der Waals surface area contributed by atoms with E-state index in [0.29, 0.717) is 5.92 Å². The smallest absolute Gasteiger partial charge is 0.0755 e. The van der Waals surface area contributed by atoms with Crippen LogP contribution >= 0.6 is 43.2 Å². The molecule has 0 saturated heterocycles. The van der Waals surface area contributed by atoms with Gasteiger partial charge in [0.05, 0.1) is 7.57 Å². The van der Waals surface area contributed by atoms with E-state index in [1.54, 1.807) is 11.3 Å². The van der Waals surface area contributed by atoms with Gasteiger partial charge in [-0.1, -0.05) is 13.8 Å². The van der Waals surface area contributed by atoms with Crippen LogP contribution in [-0.2, 0) is 6.54 Å². The summed E-state index contributed by atoms with van der Waals surface area (Å²) in [5, 5.41) is 3.41. The van der Waals surface area contributed by atoms with Crippen molar-refractivity contribution in [3.05, 3.63) is 19.2 Å². The van der Waals surface area contributed by atoms with Gasteiger partial charge in [0.25, 0.3) is 0 Å². The molecule has 4 heteroatoms. The molecular formula is C9H13Br2NS. The van der Waals surface area contributed by atoms with Crippen LogP contribution in [0.2, 0.25) is 0 Å². The maximum atomic E-state index is 3.53. The Labute approximate surface area is 100 Å². The molecule has 0 spiro atoms. The molecule has 0 aliphatic carbocycles. The fourth-order valence-electron chi connectivity index (χ4n) is 0.990. The second-order valence-electron chi connectivity index (χ2n) is 3.37. The minimum absolute atomic E-state index is 0.709. The number of hydrogen-bond donors (Lipinski definition) is 1. The molecule has 0 radical (unpaired) electrons. The van der Waals surface area contributed by atoms with Crippen LogP contribution in [0.1, 0.15) is 19.4 Å². The molecule has 1 nitrogen and oxygen atoms in total. The van der Waals surface area contributed by atoms with Crippen molar-refractivity contribution in [3.63, 3.8) is 0 Å². The van der Waals surface area contributed by atoms with Gasteiger partial charge in [0.15, 0.2) is 0 Å². The van der Waals surface area contributed by atoms with Crippen molar-refractivity contribution < 1.29 is 0 Å². The molecule has 74 valence electrons. The van der Waals surface area contributed by atoms with Crippen molar-refractivity contribution >= 4 is 43.2 Å². The fraction of sp³-hybridized carbons (Fsp3) is 0.556. The highest BCUT2D eigenvalue weighted by Crippen LogP contribution is 2.31. The van der Waals surface area contributed by atoms with Crippen molar-refractivity contribution in [2.45, 2.75) is 20.4 Å². The van der Waals surface area contributed by atoms with Crippen LogP contribution in [0.5, 0.6) is 0 Å². The Morgan fingerprint density at radius 1 is 1.46 bits per heavy atom. The normalized spacial score (nSPS) is 11.2. The van der Waals surface area contributed by atoms with Crippen molar-refractivity contribution in [2.75, 3.05) is 6.54 Å². The van der Waals surface area contributed by atoms with Gasteiger partial charge in [-0.05, 0) is 56.0 Å². The Morgan fingerprint density at radius 3 is 2.62 bits per heavy atom. The predicted molar refractivity (Wildman–Crippen MR) is 66.3 cm³/mol. The van der Waals surface area contributed by atoms with Crippen LogP contribution in [-0.4, -0.2) is 6.54 Å². The Morgan fingerprint density at radius 2 is 2.15 bits per heavy atom. The molecule has 0 amide bonds. The minimum Gasteiger partial charge on any atom is -0.312 e. The van der Waals surface area contributed by atoms with Gasteiger partial charge >= 0.3 is 0 Å². The van der Waals surface area contributed by atoms with Gasteiger partial charge in [-0.3, -0.25) is 0 Å². The number of rotatable bonds is 4. The largest absolute Gasteiger partial charge is 0.312 e. The van der Waals surface area contributed by atoms with Crippen molar-refractivity contribution in [1.29, 1.82) is 0 Å². The van der Waals surface area contributed by atoms with Crippen LogP contribution in [0.15, 0.2) is 13.6 Å². The van der Waals surface area contributed by atoms with Gasteiger partial charge in [0, 0.05) is 6.54 Å². The highest BCUT2D eigenvalue weighted by molar-refractivity contribution is 9.12. The summed E-state index contributed by atoms with van der Waals surface area (Å²) in [7, 11) is 0. The average molecular weight is 327 g/mol. The lowest BCUT2D eigenvalue weighted by Crippen LogP contribution is -2.18. The molecule has 1 rings (SSSR count). The Bertz CT molecular complexity index is 271. The lowest BCUT2D eigenvalue weighted by molar-refractivity contribution is 0.552. The van der Waals surface area contributed by atoms with E-state index in [0.717, 1.165) is 13.1 Å². The highest BCUT2D eigenvalue weighted by atomic mass is 79.9. The van der Waals surface area contributed by atoms with Crippen molar-refractivity contribution in [3.8, 4) is 0 Å². The van der Waals surface area contributed by atoms with E-state index < -0.39 is 0 Å². The standard InChI is InChI=1S/C9H13Br2NS/c1-6(2)4-12-5-7-3-8(10)13-9(7)11/h3,6,12H,4-5H2,1-2H3. The molecule has 0 bridgehead atoms. The van der Waals surface area contributed by atoms with Gasteiger partial charge in [-0.25, -0.2) is 0 Å². The van der Waals surface area contributed by atoms with E-state index >= 15 is 0 Å². The van der Waals surface area contributed by atoms with E-state index in [2.05, 4.69) is 57.1 Å². The lowest BCUT2D eigenvalue weighted by atomic mass is 10.2. The van der Waals surface area contributed by atoms with Gasteiger partial charge in [0.2, 0.25) is 0 Å².